The van der Waals surface area contributed by atoms with Crippen LogP contribution in [0, 0.1) is 0 Å². The fourth-order valence-corrected chi connectivity index (χ4v) is 2.02. The monoisotopic (exact) mass is 209 g/mol. The zero-order chi connectivity index (χ0) is 10.4. The Balaban J connectivity index is 2.50. The van der Waals surface area contributed by atoms with Gasteiger partial charge >= 0.3 is 0 Å². The lowest BCUT2D eigenvalue weighted by Gasteiger charge is -1.98. The number of rotatable bonds is 5. The molecule has 0 spiro atoms. The van der Waals surface area contributed by atoms with E-state index in [0.29, 0.717) is 5.75 Å². The summed E-state index contributed by atoms with van der Waals surface area (Å²) in [5, 5.41) is 0. The molecule has 1 heterocycles. The number of aromatic nitrogens is 1. The number of nitrogens with zero attached hydrogens (tertiary/aromatic N) is 1. The van der Waals surface area contributed by atoms with Gasteiger partial charge in [-0.25, -0.2) is 0 Å². The van der Waals surface area contributed by atoms with Crippen LogP contribution >= 0.6 is 0 Å². The van der Waals surface area contributed by atoms with Crippen molar-refractivity contribution in [1.29, 1.82) is 0 Å². The molecule has 14 heavy (non-hydrogen) atoms. The normalized spacial score (nSPS) is 12.0. The molecule has 3 nitrogen and oxygen atoms in total. The number of carbonyl (C=O) groups excluding carboxylic acids is 1. The molecule has 1 aromatic heterocycles. The fourth-order valence-electron chi connectivity index (χ4n) is 0.938. The van der Waals surface area contributed by atoms with E-state index in [0.717, 1.165) is 5.56 Å². The van der Waals surface area contributed by atoms with Gasteiger partial charge in [0, 0.05) is 23.2 Å². The summed E-state index contributed by atoms with van der Waals surface area (Å²) in [7, 11) is -1.16. The molecular weight excluding hydrogens is 198 g/mol. The fraction of sp³-hybridized carbons (Fsp3) is 0.200. The number of allylic oxidation sites excluding steroid dienone is 1. The van der Waals surface area contributed by atoms with Crippen molar-refractivity contribution in [2.75, 3.05) is 5.75 Å². The summed E-state index contributed by atoms with van der Waals surface area (Å²) in [6, 6.07) is 3.62. The Hall–Kier alpha value is -1.29. The Morgan fingerprint density at radius 2 is 2.43 bits per heavy atom. The first-order valence-electron chi connectivity index (χ1n) is 4.11. The van der Waals surface area contributed by atoms with Crippen LogP contribution in [0.4, 0.5) is 0 Å². The van der Waals surface area contributed by atoms with E-state index in [9.17, 15) is 9.00 Å². The first-order valence-corrected chi connectivity index (χ1v) is 5.60. The summed E-state index contributed by atoms with van der Waals surface area (Å²) in [5.74, 6) is 0.221. The van der Waals surface area contributed by atoms with Gasteiger partial charge in [0.1, 0.15) is 0 Å². The number of hydrogen-bond donors (Lipinski definition) is 0. The lowest BCUT2D eigenvalue weighted by atomic mass is 10.3. The van der Waals surface area contributed by atoms with Crippen LogP contribution in [0.3, 0.4) is 0 Å². The molecule has 1 atom stereocenters. The van der Waals surface area contributed by atoms with Crippen molar-refractivity contribution in [3.05, 3.63) is 42.7 Å². The second kappa shape index (κ2) is 5.44. The minimum atomic E-state index is -1.16. The van der Waals surface area contributed by atoms with Crippen LogP contribution < -0.4 is 0 Å². The Bertz CT molecular complexity index is 348. The third-order valence-corrected chi connectivity index (χ3v) is 2.84. The Morgan fingerprint density at radius 3 is 3.00 bits per heavy atom. The summed E-state index contributed by atoms with van der Waals surface area (Å²) in [5.41, 5.74) is 0.877. The van der Waals surface area contributed by atoms with E-state index < -0.39 is 10.8 Å². The van der Waals surface area contributed by atoms with E-state index in [-0.39, 0.29) is 11.5 Å². The van der Waals surface area contributed by atoms with Gasteiger partial charge in [-0.05, 0) is 17.7 Å². The highest BCUT2D eigenvalue weighted by atomic mass is 32.2. The standard InChI is InChI=1S/C10H11NO2S/c1-2-10(12)8-14(13)7-9-4-3-5-11-6-9/h2-6H,1,7-8H2. The topological polar surface area (TPSA) is 47.0 Å². The summed E-state index contributed by atoms with van der Waals surface area (Å²) in [6.07, 6.45) is 4.50. The number of carbonyl (C=O) groups is 1. The van der Waals surface area contributed by atoms with E-state index in [1.807, 2.05) is 6.07 Å². The van der Waals surface area contributed by atoms with Gasteiger partial charge in [0.2, 0.25) is 0 Å². The van der Waals surface area contributed by atoms with E-state index in [4.69, 9.17) is 0 Å². The van der Waals surface area contributed by atoms with E-state index in [1.54, 1.807) is 18.5 Å². The molecule has 0 bridgehead atoms. The van der Waals surface area contributed by atoms with Crippen molar-refractivity contribution in [1.82, 2.24) is 4.98 Å². The minimum absolute atomic E-state index is 0.0401. The molecule has 74 valence electrons. The smallest absolute Gasteiger partial charge is 0.167 e. The Kier molecular flexibility index (Phi) is 4.19. The maximum Gasteiger partial charge on any atom is 0.167 e. The van der Waals surface area contributed by atoms with Gasteiger partial charge in [-0.3, -0.25) is 14.0 Å². The van der Waals surface area contributed by atoms with Crippen LogP contribution in [0.2, 0.25) is 0 Å². The minimum Gasteiger partial charge on any atom is -0.294 e. The molecule has 0 fully saturated rings. The molecule has 1 unspecified atom stereocenters. The van der Waals surface area contributed by atoms with Gasteiger partial charge in [0.15, 0.2) is 5.78 Å². The van der Waals surface area contributed by atoms with Crippen molar-refractivity contribution >= 4 is 16.6 Å². The maximum absolute atomic E-state index is 11.4. The van der Waals surface area contributed by atoms with Crippen LogP contribution in [0.25, 0.3) is 0 Å². The number of pyridine rings is 1. The van der Waals surface area contributed by atoms with Gasteiger partial charge in [-0.2, -0.15) is 0 Å². The van der Waals surface area contributed by atoms with Crippen molar-refractivity contribution < 1.29 is 9.00 Å². The van der Waals surface area contributed by atoms with Crippen molar-refractivity contribution in [2.24, 2.45) is 0 Å². The molecule has 0 aliphatic rings. The van der Waals surface area contributed by atoms with Crippen LogP contribution in [-0.2, 0) is 21.3 Å². The third-order valence-electron chi connectivity index (χ3n) is 1.58. The summed E-state index contributed by atoms with van der Waals surface area (Å²) in [6.45, 7) is 3.32. The molecule has 0 radical (unpaired) electrons. The first-order chi connectivity index (χ1) is 6.72. The SMILES string of the molecule is C=CC(=O)CS(=O)Cc1cccnc1. The van der Waals surface area contributed by atoms with E-state index >= 15 is 0 Å². The van der Waals surface area contributed by atoms with E-state index in [2.05, 4.69) is 11.6 Å². The van der Waals surface area contributed by atoms with Crippen LogP contribution in [0.15, 0.2) is 37.2 Å². The third kappa shape index (κ3) is 3.62. The molecule has 0 aromatic carbocycles. The van der Waals surface area contributed by atoms with Crippen molar-refractivity contribution in [3.8, 4) is 0 Å². The highest BCUT2D eigenvalue weighted by molar-refractivity contribution is 7.85. The quantitative estimate of drug-likeness (QED) is 0.682. The summed E-state index contributed by atoms with van der Waals surface area (Å²) >= 11 is 0. The number of ketones is 1. The van der Waals surface area contributed by atoms with Gasteiger partial charge in [0.05, 0.1) is 11.5 Å². The predicted octanol–water partition coefficient (Wildman–Crippen LogP) is 1.09. The molecule has 1 aromatic rings. The van der Waals surface area contributed by atoms with Crippen molar-refractivity contribution in [3.63, 3.8) is 0 Å². The zero-order valence-corrected chi connectivity index (χ0v) is 8.50. The molecular formula is C10H11NO2S. The van der Waals surface area contributed by atoms with Crippen LogP contribution in [0.1, 0.15) is 5.56 Å². The largest absolute Gasteiger partial charge is 0.294 e. The average Bonchev–Trinajstić information content (AvgIpc) is 2.19. The molecule has 0 saturated heterocycles. The molecule has 0 amide bonds. The van der Waals surface area contributed by atoms with Gasteiger partial charge in [0.25, 0.3) is 0 Å². The second-order valence-corrected chi connectivity index (χ2v) is 4.22. The average molecular weight is 209 g/mol. The Morgan fingerprint density at radius 1 is 1.64 bits per heavy atom. The van der Waals surface area contributed by atoms with Gasteiger partial charge in [-0.1, -0.05) is 12.6 Å². The zero-order valence-electron chi connectivity index (χ0n) is 7.68. The lowest BCUT2D eigenvalue weighted by Crippen LogP contribution is -2.09. The van der Waals surface area contributed by atoms with Crippen LogP contribution in [0.5, 0.6) is 0 Å². The second-order valence-electron chi connectivity index (χ2n) is 2.76. The highest BCUT2D eigenvalue weighted by Gasteiger charge is 2.05. The molecule has 0 N–H and O–H groups in total. The highest BCUT2D eigenvalue weighted by Crippen LogP contribution is 2.01. The van der Waals surface area contributed by atoms with E-state index in [1.165, 1.54) is 6.08 Å². The summed E-state index contributed by atoms with van der Waals surface area (Å²) < 4.78 is 11.4. The van der Waals surface area contributed by atoms with Gasteiger partial charge in [-0.15, -0.1) is 0 Å². The van der Waals surface area contributed by atoms with Crippen LogP contribution in [-0.4, -0.2) is 20.7 Å². The molecule has 0 aliphatic heterocycles. The molecule has 0 aliphatic carbocycles. The maximum atomic E-state index is 11.4. The van der Waals surface area contributed by atoms with Gasteiger partial charge < -0.3 is 0 Å². The summed E-state index contributed by atoms with van der Waals surface area (Å²) in [4.78, 5) is 14.8. The molecule has 4 heteroatoms. The molecule has 0 saturated carbocycles. The lowest BCUT2D eigenvalue weighted by molar-refractivity contribution is -0.112. The molecule has 1 rings (SSSR count). The Labute approximate surface area is 85.3 Å². The predicted molar refractivity (Wildman–Crippen MR) is 56.2 cm³/mol. The van der Waals surface area contributed by atoms with Crippen molar-refractivity contribution in [2.45, 2.75) is 5.75 Å². The first kappa shape index (κ1) is 10.8. The number of hydrogen-bond acceptors (Lipinski definition) is 3.